The quantitative estimate of drug-likeness (QED) is 0.259. The fourth-order valence-electron chi connectivity index (χ4n) is 0. The molecule has 0 radical (unpaired) electrons. The van der Waals surface area contributed by atoms with Crippen LogP contribution in [-0.4, -0.2) is 5.16 Å². The van der Waals surface area contributed by atoms with Gasteiger partial charge in [-0.1, -0.05) is 12.2 Å². The first-order chi connectivity index (χ1) is 1.41. The van der Waals surface area contributed by atoms with Gasteiger partial charge in [-0.3, -0.25) is 0 Å². The molecule has 0 rings (SSSR count). The average Bonchev–Trinajstić information content (AvgIpc) is 0.918. The molecule has 0 aliphatic heterocycles. The van der Waals surface area contributed by atoms with Crippen LogP contribution in [0.4, 0.5) is 0 Å². The molecule has 0 bridgehead atoms. The molecule has 0 unspecified atom stereocenters. The Labute approximate surface area is 39.8 Å². The van der Waals surface area contributed by atoms with Crippen molar-refractivity contribution in [3.8, 4) is 0 Å². The van der Waals surface area contributed by atoms with E-state index in [1.54, 1.807) is 0 Å². The summed E-state index contributed by atoms with van der Waals surface area (Å²) in [6.45, 7) is 0. The molecule has 0 fully saturated rings. The molecule has 0 amide bonds. The van der Waals surface area contributed by atoms with Gasteiger partial charge in [-0.2, -0.15) is 5.16 Å². The second-order valence-corrected chi connectivity index (χ2v) is 0.274. The molecule has 0 atom stereocenters. The molecule has 3 heteroatoms. The maximum absolute atomic E-state index is 7.13. The van der Waals surface area contributed by atoms with Gasteiger partial charge in [0, 0.05) is 16.5 Å². The second-order valence-electron chi connectivity index (χ2n) is 0.0913. The predicted molar refractivity (Wildman–Crippen MR) is 16.0 cm³/mol. The third kappa shape index (κ3) is 44.5. The molecule has 0 N–H and O–H groups in total. The van der Waals surface area contributed by atoms with Crippen LogP contribution in [0.5, 0.6) is 0 Å². The van der Waals surface area contributed by atoms with Crippen molar-refractivity contribution in [3.05, 3.63) is 5.41 Å². The number of hydrogen-bond donors (Lipinski definition) is 0. The average molecular weight is 117 g/mol. The molecular formula is CNNiS-. The summed E-state index contributed by atoms with van der Waals surface area (Å²) in [7, 11) is 0. The minimum absolute atomic E-state index is 0. The first-order valence-electron chi connectivity index (χ1n) is 0.428. The SMILES string of the molecule is [N-]=C=S.[Ni]. The summed E-state index contributed by atoms with van der Waals surface area (Å²) in [6.07, 6.45) is 0. The van der Waals surface area contributed by atoms with Gasteiger partial charge >= 0.3 is 0 Å². The van der Waals surface area contributed by atoms with E-state index in [0.29, 0.717) is 0 Å². The van der Waals surface area contributed by atoms with Gasteiger partial charge in [0.05, 0.1) is 0 Å². The van der Waals surface area contributed by atoms with Crippen molar-refractivity contribution in [1.82, 2.24) is 0 Å². The molecule has 1 nitrogen and oxygen atoms in total. The van der Waals surface area contributed by atoms with Gasteiger partial charge in [-0.15, -0.1) is 0 Å². The van der Waals surface area contributed by atoms with Crippen molar-refractivity contribution in [1.29, 1.82) is 0 Å². The van der Waals surface area contributed by atoms with Crippen molar-refractivity contribution in [2.45, 2.75) is 0 Å². The van der Waals surface area contributed by atoms with E-state index < -0.39 is 0 Å². The van der Waals surface area contributed by atoms with Crippen molar-refractivity contribution in [2.75, 3.05) is 0 Å². The van der Waals surface area contributed by atoms with Crippen LogP contribution in [0.1, 0.15) is 0 Å². The summed E-state index contributed by atoms with van der Waals surface area (Å²) >= 11 is 3.70. The fraction of sp³-hybridized carbons (Fsp3) is 0. The van der Waals surface area contributed by atoms with Gasteiger partial charge in [0.2, 0.25) is 0 Å². The van der Waals surface area contributed by atoms with E-state index in [1.807, 2.05) is 0 Å². The third-order valence-electron chi connectivity index (χ3n) is 0. The molecule has 0 spiro atoms. The van der Waals surface area contributed by atoms with E-state index in [9.17, 15) is 0 Å². The Balaban J connectivity index is 0. The first-order valence-corrected chi connectivity index (χ1v) is 0.836. The maximum Gasteiger partial charge on any atom is 0 e. The number of nitrogens with zero attached hydrogens (tertiary/aromatic N) is 1. The van der Waals surface area contributed by atoms with Gasteiger partial charge in [-0.25, -0.2) is 0 Å². The Bertz CT molecular complexity index is 29.0. The molecule has 0 saturated heterocycles. The van der Waals surface area contributed by atoms with Crippen LogP contribution < -0.4 is 0 Å². The van der Waals surface area contributed by atoms with Gasteiger partial charge in [-0.05, 0) is 0 Å². The molecule has 0 aromatic carbocycles. The number of isothiocyanates is 1. The number of hydrogen-bond acceptors (Lipinski definition) is 1. The largest absolute Gasteiger partial charge is 0.753 e. The second kappa shape index (κ2) is 10.4. The zero-order valence-corrected chi connectivity index (χ0v) is 3.48. The van der Waals surface area contributed by atoms with Gasteiger partial charge in [0.15, 0.2) is 0 Å². The standard InChI is InChI=1S/CNS.Ni/c2-1-3;/q-1;. The molecule has 0 aromatic rings. The number of thiocarbonyl (C=S) groups is 1. The van der Waals surface area contributed by atoms with E-state index >= 15 is 0 Å². The van der Waals surface area contributed by atoms with Crippen LogP contribution in [0.25, 0.3) is 5.41 Å². The first kappa shape index (κ1) is 8.85. The Morgan fingerprint density at radius 2 is 1.75 bits per heavy atom. The fourth-order valence-corrected chi connectivity index (χ4v) is 0. The predicted octanol–water partition coefficient (Wildman–Crippen LogP) is 0.656. The van der Waals surface area contributed by atoms with E-state index in [1.165, 1.54) is 5.16 Å². The van der Waals surface area contributed by atoms with Gasteiger partial charge in [0.25, 0.3) is 0 Å². The van der Waals surface area contributed by atoms with E-state index in [2.05, 4.69) is 12.2 Å². The summed E-state index contributed by atoms with van der Waals surface area (Å²) < 4.78 is 0. The third-order valence-corrected chi connectivity index (χ3v) is 0. The smallest absolute Gasteiger partial charge is 0 e. The minimum Gasteiger partial charge on any atom is -0.753 e. The van der Waals surface area contributed by atoms with Crippen LogP contribution in [0.15, 0.2) is 0 Å². The zero-order chi connectivity index (χ0) is 2.71. The summed E-state index contributed by atoms with van der Waals surface area (Å²) in [6, 6.07) is 0. The molecule has 0 aliphatic carbocycles. The van der Waals surface area contributed by atoms with Gasteiger partial charge < -0.3 is 5.41 Å². The van der Waals surface area contributed by atoms with Crippen molar-refractivity contribution in [2.24, 2.45) is 0 Å². The van der Waals surface area contributed by atoms with E-state index in [-0.39, 0.29) is 16.5 Å². The number of rotatable bonds is 0. The topological polar surface area (TPSA) is 22.3 Å². The minimum atomic E-state index is 0. The van der Waals surface area contributed by atoms with Crippen molar-refractivity contribution >= 4 is 17.4 Å². The van der Waals surface area contributed by atoms with Crippen molar-refractivity contribution < 1.29 is 16.5 Å². The molecule has 0 saturated carbocycles. The normalized spacial score (nSPS) is 2.00. The summed E-state index contributed by atoms with van der Waals surface area (Å²) in [4.78, 5) is 0. The van der Waals surface area contributed by atoms with E-state index in [0.717, 1.165) is 0 Å². The molecular weight excluding hydrogens is 117 g/mol. The zero-order valence-electron chi connectivity index (χ0n) is 1.67. The van der Waals surface area contributed by atoms with Crippen LogP contribution >= 0.6 is 12.2 Å². The maximum atomic E-state index is 7.13. The van der Waals surface area contributed by atoms with Crippen molar-refractivity contribution in [3.63, 3.8) is 0 Å². The molecule has 26 valence electrons. The molecule has 4 heavy (non-hydrogen) atoms. The molecule has 0 aromatic heterocycles. The Hall–Kier alpha value is 0.294. The monoisotopic (exact) mass is 116 g/mol. The van der Waals surface area contributed by atoms with E-state index in [4.69, 9.17) is 5.41 Å². The Morgan fingerprint density at radius 1 is 1.75 bits per heavy atom. The molecule has 0 heterocycles. The summed E-state index contributed by atoms with van der Waals surface area (Å²) in [5.41, 5.74) is 0. The Kier molecular flexibility index (Phi) is 22.9. The summed E-state index contributed by atoms with van der Waals surface area (Å²) in [5, 5.41) is 8.47. The van der Waals surface area contributed by atoms with Gasteiger partial charge in [0.1, 0.15) is 0 Å². The van der Waals surface area contributed by atoms with Crippen LogP contribution in [0.3, 0.4) is 0 Å². The summed E-state index contributed by atoms with van der Waals surface area (Å²) in [5.74, 6) is 0. The van der Waals surface area contributed by atoms with Crippen LogP contribution in [0.2, 0.25) is 0 Å². The molecule has 0 aliphatic rings. The Morgan fingerprint density at radius 3 is 1.75 bits per heavy atom. The van der Waals surface area contributed by atoms with Crippen LogP contribution in [-0.2, 0) is 16.5 Å². The van der Waals surface area contributed by atoms with Crippen LogP contribution in [0, 0.1) is 0 Å².